The van der Waals surface area contributed by atoms with Crippen LogP contribution in [0.25, 0.3) is 0 Å². The Morgan fingerprint density at radius 3 is 2.49 bits per heavy atom. The molecule has 2 aliphatic heterocycles. The van der Waals surface area contributed by atoms with E-state index in [1.807, 2.05) is 7.05 Å². The highest BCUT2D eigenvalue weighted by atomic mass is 16.7. The predicted octanol–water partition coefficient (Wildman–Crippen LogP) is -1.88. The van der Waals surface area contributed by atoms with Gasteiger partial charge in [0.1, 0.15) is 48.6 Å². The lowest BCUT2D eigenvalue weighted by Crippen LogP contribution is -2.60. The van der Waals surface area contributed by atoms with Gasteiger partial charge in [0, 0.05) is 43.0 Å². The second kappa shape index (κ2) is 14.6. The van der Waals surface area contributed by atoms with Crippen LogP contribution in [-0.4, -0.2) is 125 Å². The van der Waals surface area contributed by atoms with Gasteiger partial charge < -0.3 is 56.0 Å². The van der Waals surface area contributed by atoms with E-state index in [0.29, 0.717) is 24.3 Å². The van der Waals surface area contributed by atoms with Crippen LogP contribution in [0, 0.1) is 5.41 Å². The minimum absolute atomic E-state index is 0.0715. The van der Waals surface area contributed by atoms with Crippen molar-refractivity contribution in [3.8, 4) is 5.75 Å². The smallest absolute Gasteiger partial charge is 0.344 e. The van der Waals surface area contributed by atoms with Crippen molar-refractivity contribution in [2.24, 2.45) is 5.73 Å². The molecule has 6 unspecified atom stereocenters. The molecule has 2 aromatic carbocycles. The number of likely N-dealkylation sites (N-methyl/N-ethyl adjacent to an activating group) is 1. The summed E-state index contributed by atoms with van der Waals surface area (Å²) >= 11 is 0. The highest BCUT2D eigenvalue weighted by Gasteiger charge is 2.45. The average Bonchev–Trinajstić information content (AvgIpc) is 3.00. The first kappa shape index (κ1) is 32.1. The number of ether oxygens (including phenoxy) is 2. The number of benzene rings is 2. The molecule has 2 aromatic rings. The summed E-state index contributed by atoms with van der Waals surface area (Å²) in [6, 6.07) is 11.7. The number of piperazine rings is 1. The SMILES string of the molecule is CN1CCN(OC(=O)CNC(=O)C(Nc2cccc(C(=N)N)c2)c2ccccc2OC2OC(CO)C(O)C(O)C2O)CC1. The summed E-state index contributed by atoms with van der Waals surface area (Å²) in [6.45, 7) is 1.47. The van der Waals surface area contributed by atoms with Gasteiger partial charge in [-0.1, -0.05) is 30.3 Å². The molecular formula is C28H38N6O9. The minimum atomic E-state index is -1.68. The summed E-state index contributed by atoms with van der Waals surface area (Å²) in [5.41, 5.74) is 6.74. The molecule has 0 aliphatic carbocycles. The summed E-state index contributed by atoms with van der Waals surface area (Å²) in [5, 5.41) is 55.3. The van der Waals surface area contributed by atoms with Gasteiger partial charge in [0.05, 0.1) is 6.61 Å². The molecule has 43 heavy (non-hydrogen) atoms. The molecule has 0 saturated carbocycles. The highest BCUT2D eigenvalue weighted by molar-refractivity contribution is 5.96. The third-order valence-corrected chi connectivity index (χ3v) is 7.17. The van der Waals surface area contributed by atoms with Gasteiger partial charge in [-0.25, -0.2) is 4.79 Å². The van der Waals surface area contributed by atoms with E-state index in [-0.39, 0.29) is 17.1 Å². The van der Waals surface area contributed by atoms with Crippen LogP contribution in [-0.2, 0) is 19.2 Å². The number of nitrogens with zero attached hydrogens (tertiary/aromatic N) is 2. The van der Waals surface area contributed by atoms with Crippen molar-refractivity contribution in [1.29, 1.82) is 5.41 Å². The lowest BCUT2D eigenvalue weighted by atomic mass is 9.99. The predicted molar refractivity (Wildman–Crippen MR) is 153 cm³/mol. The molecule has 0 radical (unpaired) electrons. The standard InChI is InChI=1S/C28H38N6O9/c1-33-9-11-34(12-10-33)43-21(36)14-31-27(40)22(32-17-6-4-5-16(13-17)26(29)30)18-7-2-3-8-19(18)41-28-25(39)24(38)23(37)20(15-35)42-28/h2-8,13,20,22-25,28,32,35,37-39H,9-12,14-15H2,1H3,(H3,29,30)(H,31,40). The fourth-order valence-corrected chi connectivity index (χ4v) is 4.66. The number of anilines is 1. The molecule has 15 nitrogen and oxygen atoms in total. The number of nitrogen functional groups attached to an aromatic ring is 1. The lowest BCUT2D eigenvalue weighted by molar-refractivity contribution is -0.277. The van der Waals surface area contributed by atoms with Crippen molar-refractivity contribution < 1.29 is 44.3 Å². The van der Waals surface area contributed by atoms with E-state index in [1.54, 1.807) is 47.5 Å². The number of nitrogens with one attached hydrogen (secondary N) is 3. The number of carbonyl (C=O) groups excluding carboxylic acids is 2. The number of nitrogens with two attached hydrogens (primary N) is 1. The normalized spacial score (nSPS) is 25.4. The van der Waals surface area contributed by atoms with Gasteiger partial charge in [-0.2, -0.15) is 0 Å². The number of carbonyl (C=O) groups is 2. The maximum absolute atomic E-state index is 13.6. The molecule has 2 saturated heterocycles. The van der Waals surface area contributed by atoms with Crippen LogP contribution in [0.2, 0.25) is 0 Å². The quantitative estimate of drug-likeness (QED) is 0.104. The fraction of sp³-hybridized carbons (Fsp3) is 0.464. The molecule has 0 bridgehead atoms. The third-order valence-electron chi connectivity index (χ3n) is 7.17. The molecule has 6 atom stereocenters. The van der Waals surface area contributed by atoms with Crippen molar-refractivity contribution in [1.82, 2.24) is 15.3 Å². The molecule has 4 rings (SSSR count). The number of amides is 1. The number of rotatable bonds is 11. The zero-order chi connectivity index (χ0) is 31.1. The Morgan fingerprint density at radius 1 is 1.07 bits per heavy atom. The molecule has 15 heteroatoms. The van der Waals surface area contributed by atoms with E-state index in [0.717, 1.165) is 13.1 Å². The maximum Gasteiger partial charge on any atom is 0.344 e. The number of hydrogen-bond acceptors (Lipinski definition) is 13. The molecule has 2 heterocycles. The molecule has 234 valence electrons. The van der Waals surface area contributed by atoms with E-state index in [1.165, 1.54) is 6.07 Å². The lowest BCUT2D eigenvalue weighted by Gasteiger charge is -2.39. The van der Waals surface area contributed by atoms with Crippen LogP contribution in [0.4, 0.5) is 5.69 Å². The topological polar surface area (TPSA) is 223 Å². The van der Waals surface area contributed by atoms with E-state index < -0.39 is 61.8 Å². The van der Waals surface area contributed by atoms with E-state index >= 15 is 0 Å². The van der Waals surface area contributed by atoms with Crippen molar-refractivity contribution in [2.45, 2.75) is 36.7 Å². The Labute approximate surface area is 248 Å². The van der Waals surface area contributed by atoms with Gasteiger partial charge in [-0.3, -0.25) is 10.2 Å². The van der Waals surface area contributed by atoms with Gasteiger partial charge in [0.2, 0.25) is 12.2 Å². The van der Waals surface area contributed by atoms with Gasteiger partial charge in [-0.05, 0) is 25.2 Å². The molecular weight excluding hydrogens is 564 g/mol. The van der Waals surface area contributed by atoms with E-state index in [4.69, 9.17) is 25.5 Å². The third kappa shape index (κ3) is 8.17. The number of para-hydroxylation sites is 1. The van der Waals surface area contributed by atoms with Crippen LogP contribution in [0.3, 0.4) is 0 Å². The van der Waals surface area contributed by atoms with Crippen molar-refractivity contribution in [2.75, 3.05) is 51.7 Å². The molecule has 2 aliphatic rings. The van der Waals surface area contributed by atoms with Crippen molar-refractivity contribution in [3.63, 3.8) is 0 Å². The number of aliphatic hydroxyl groups is 4. The zero-order valence-corrected chi connectivity index (χ0v) is 23.6. The Hall–Kier alpha value is -3.83. The average molecular weight is 603 g/mol. The molecule has 2 fully saturated rings. The Morgan fingerprint density at radius 2 is 1.79 bits per heavy atom. The number of hydroxylamine groups is 2. The monoisotopic (exact) mass is 602 g/mol. The summed E-state index contributed by atoms with van der Waals surface area (Å²) in [6.07, 6.45) is -7.62. The fourth-order valence-electron chi connectivity index (χ4n) is 4.66. The number of amidine groups is 1. The zero-order valence-electron chi connectivity index (χ0n) is 23.6. The molecule has 9 N–H and O–H groups in total. The Balaban J connectivity index is 1.56. The number of aliphatic hydroxyl groups excluding tert-OH is 4. The van der Waals surface area contributed by atoms with Crippen LogP contribution < -0.4 is 21.1 Å². The summed E-state index contributed by atoms with van der Waals surface area (Å²) < 4.78 is 11.4. The Kier molecular flexibility index (Phi) is 10.9. The maximum atomic E-state index is 13.6. The number of hydrogen-bond donors (Lipinski definition) is 8. The van der Waals surface area contributed by atoms with Crippen molar-refractivity contribution in [3.05, 3.63) is 59.7 Å². The first-order valence-electron chi connectivity index (χ1n) is 13.8. The van der Waals surface area contributed by atoms with Crippen molar-refractivity contribution >= 4 is 23.4 Å². The largest absolute Gasteiger partial charge is 0.462 e. The second-order valence-corrected chi connectivity index (χ2v) is 10.3. The first-order valence-corrected chi connectivity index (χ1v) is 13.8. The van der Waals surface area contributed by atoms with E-state index in [9.17, 15) is 30.0 Å². The van der Waals surface area contributed by atoms with Gasteiger partial charge in [-0.15, -0.1) is 5.06 Å². The molecule has 0 spiro atoms. The van der Waals surface area contributed by atoms with Gasteiger partial charge >= 0.3 is 5.97 Å². The van der Waals surface area contributed by atoms with Crippen LogP contribution in [0.1, 0.15) is 17.2 Å². The summed E-state index contributed by atoms with van der Waals surface area (Å²) in [4.78, 5) is 33.6. The highest BCUT2D eigenvalue weighted by Crippen LogP contribution is 2.32. The second-order valence-electron chi connectivity index (χ2n) is 10.3. The molecule has 1 amide bonds. The Bertz CT molecular complexity index is 1270. The van der Waals surface area contributed by atoms with Crippen LogP contribution in [0.5, 0.6) is 5.75 Å². The minimum Gasteiger partial charge on any atom is -0.462 e. The van der Waals surface area contributed by atoms with Gasteiger partial charge in [0.25, 0.3) is 0 Å². The summed E-state index contributed by atoms with van der Waals surface area (Å²) in [5.74, 6) is -1.39. The first-order chi connectivity index (χ1) is 20.6. The molecule has 0 aromatic heterocycles. The van der Waals surface area contributed by atoms with Gasteiger partial charge in [0.15, 0.2) is 0 Å². The van der Waals surface area contributed by atoms with Crippen LogP contribution >= 0.6 is 0 Å². The van der Waals surface area contributed by atoms with Crippen LogP contribution in [0.15, 0.2) is 48.5 Å². The summed E-state index contributed by atoms with van der Waals surface area (Å²) in [7, 11) is 1.97. The van der Waals surface area contributed by atoms with E-state index in [2.05, 4.69) is 15.5 Å².